The number of ether oxygens (including phenoxy) is 3. The van der Waals surface area contributed by atoms with Gasteiger partial charge in [-0.15, -0.1) is 0 Å². The monoisotopic (exact) mass is 488 g/mol. The maximum Gasteiger partial charge on any atom is 0.302 e. The first-order valence-corrected chi connectivity index (χ1v) is 13.1. The van der Waals surface area contributed by atoms with Gasteiger partial charge >= 0.3 is 17.9 Å². The summed E-state index contributed by atoms with van der Waals surface area (Å²) in [7, 11) is 0. The van der Waals surface area contributed by atoms with Crippen molar-refractivity contribution in [1.82, 2.24) is 0 Å². The van der Waals surface area contributed by atoms with E-state index in [1.807, 2.05) is 6.92 Å². The lowest BCUT2D eigenvalue weighted by Crippen LogP contribution is -2.63. The normalized spacial score (nSPS) is 42.9. The van der Waals surface area contributed by atoms with Crippen LogP contribution in [0.15, 0.2) is 11.6 Å². The maximum absolute atomic E-state index is 12.2. The van der Waals surface area contributed by atoms with Crippen LogP contribution in [0.1, 0.15) is 80.1 Å². The van der Waals surface area contributed by atoms with E-state index in [0.717, 1.165) is 44.0 Å². The molecule has 7 nitrogen and oxygen atoms in total. The predicted molar refractivity (Wildman–Crippen MR) is 128 cm³/mol. The Kier molecular flexibility index (Phi) is 6.93. The number of allylic oxidation sites excluding steroid dienone is 1. The lowest BCUT2D eigenvalue weighted by atomic mass is 9.43. The molecule has 0 aromatic heterocycles. The maximum atomic E-state index is 12.2. The molecule has 194 valence electrons. The highest BCUT2D eigenvalue weighted by Gasteiger charge is 2.66. The highest BCUT2D eigenvalue weighted by atomic mass is 16.6. The second-order valence-corrected chi connectivity index (χ2v) is 11.8. The number of hydrogen-bond donors (Lipinski definition) is 0. The van der Waals surface area contributed by atoms with Gasteiger partial charge in [0.15, 0.2) is 0 Å². The average molecular weight is 489 g/mol. The number of carbonyl (C=O) groups is 4. The topological polar surface area (TPSA) is 96.0 Å². The Morgan fingerprint density at radius 1 is 0.971 bits per heavy atom. The molecular weight excluding hydrogens is 448 g/mol. The van der Waals surface area contributed by atoms with Crippen molar-refractivity contribution in [3.05, 3.63) is 11.6 Å². The third-order valence-electron chi connectivity index (χ3n) is 9.98. The van der Waals surface area contributed by atoms with Crippen LogP contribution in [-0.2, 0) is 33.4 Å². The smallest absolute Gasteiger partial charge is 0.302 e. The summed E-state index contributed by atoms with van der Waals surface area (Å²) in [5.41, 5.74) is 0.509. The fourth-order valence-electron chi connectivity index (χ4n) is 8.53. The third kappa shape index (κ3) is 4.33. The summed E-state index contributed by atoms with van der Waals surface area (Å²) >= 11 is 0. The van der Waals surface area contributed by atoms with Crippen molar-refractivity contribution in [2.75, 3.05) is 0 Å². The fraction of sp³-hybridized carbons (Fsp3) is 0.786. The van der Waals surface area contributed by atoms with Crippen molar-refractivity contribution in [3.8, 4) is 0 Å². The van der Waals surface area contributed by atoms with Gasteiger partial charge in [-0.05, 0) is 61.7 Å². The first kappa shape index (κ1) is 25.9. The number of aldehydes is 1. The highest BCUT2D eigenvalue weighted by molar-refractivity contribution is 5.67. The molecule has 4 rings (SSSR count). The largest absolute Gasteiger partial charge is 0.463 e. The standard InChI is InChI=1S/C28H40O7/c1-15(14-29)21-7-8-22-26-23(13-25(28(21,22)6)35-18(4)32)27(5)10-9-20(33-16(2)30)11-19(27)12-24(26)34-17(3)31/h7,14-15,19-20,22-26H,8-13H2,1-6H3/t15-,19+,20-,22+,23+,24-,25-,26+,27+,28-/m1/s1. The van der Waals surface area contributed by atoms with Crippen molar-refractivity contribution >= 4 is 24.2 Å². The summed E-state index contributed by atoms with van der Waals surface area (Å²) < 4.78 is 17.6. The first-order valence-electron chi connectivity index (χ1n) is 13.1. The summed E-state index contributed by atoms with van der Waals surface area (Å²) in [6, 6.07) is 0. The minimum Gasteiger partial charge on any atom is -0.463 e. The molecule has 0 aromatic carbocycles. The van der Waals surface area contributed by atoms with Gasteiger partial charge in [-0.2, -0.15) is 0 Å². The number of fused-ring (bicyclic) bond motifs is 5. The van der Waals surface area contributed by atoms with Crippen LogP contribution in [0.25, 0.3) is 0 Å². The Balaban J connectivity index is 1.75. The van der Waals surface area contributed by atoms with Crippen LogP contribution in [0.3, 0.4) is 0 Å². The molecule has 3 saturated carbocycles. The van der Waals surface area contributed by atoms with E-state index in [-0.39, 0.29) is 71.2 Å². The van der Waals surface area contributed by atoms with E-state index >= 15 is 0 Å². The summed E-state index contributed by atoms with van der Waals surface area (Å²) in [6.45, 7) is 10.7. The Labute approximate surface area is 208 Å². The van der Waals surface area contributed by atoms with Gasteiger partial charge in [-0.25, -0.2) is 0 Å². The van der Waals surface area contributed by atoms with Gasteiger partial charge < -0.3 is 19.0 Å². The molecule has 4 aliphatic rings. The van der Waals surface area contributed by atoms with Crippen molar-refractivity contribution in [3.63, 3.8) is 0 Å². The van der Waals surface area contributed by atoms with Gasteiger partial charge in [-0.3, -0.25) is 14.4 Å². The van der Waals surface area contributed by atoms with Gasteiger partial charge in [0.1, 0.15) is 24.6 Å². The Morgan fingerprint density at radius 3 is 2.23 bits per heavy atom. The Bertz CT molecular complexity index is 924. The summed E-state index contributed by atoms with van der Waals surface area (Å²) in [5.74, 6) is -0.501. The van der Waals surface area contributed by atoms with E-state index < -0.39 is 5.41 Å². The van der Waals surface area contributed by atoms with Gasteiger partial charge in [0.25, 0.3) is 0 Å². The molecule has 0 heterocycles. The first-order chi connectivity index (χ1) is 16.4. The lowest BCUT2D eigenvalue weighted by Gasteiger charge is -2.63. The average Bonchev–Trinajstić information content (AvgIpc) is 3.12. The van der Waals surface area contributed by atoms with Gasteiger partial charge in [-0.1, -0.05) is 32.4 Å². The van der Waals surface area contributed by atoms with Crippen LogP contribution in [0.2, 0.25) is 0 Å². The van der Waals surface area contributed by atoms with E-state index in [2.05, 4.69) is 19.9 Å². The molecule has 35 heavy (non-hydrogen) atoms. The predicted octanol–water partition coefficient (Wildman–Crippen LogP) is 4.42. The molecule has 0 aliphatic heterocycles. The number of carbonyl (C=O) groups excluding carboxylic acids is 4. The van der Waals surface area contributed by atoms with E-state index in [1.165, 1.54) is 20.8 Å². The second-order valence-electron chi connectivity index (χ2n) is 11.8. The molecule has 0 saturated heterocycles. The molecule has 0 amide bonds. The minimum atomic E-state index is -0.482. The molecular formula is C28H40O7. The van der Waals surface area contributed by atoms with Crippen LogP contribution in [0, 0.1) is 40.4 Å². The molecule has 0 N–H and O–H groups in total. The minimum absolute atomic E-state index is 0.0449. The molecule has 0 aromatic rings. The number of rotatable bonds is 5. The zero-order valence-corrected chi connectivity index (χ0v) is 21.9. The van der Waals surface area contributed by atoms with Crippen LogP contribution < -0.4 is 0 Å². The molecule has 0 spiro atoms. The van der Waals surface area contributed by atoms with Gasteiger partial charge in [0.2, 0.25) is 0 Å². The van der Waals surface area contributed by atoms with E-state index in [9.17, 15) is 19.2 Å². The molecule has 3 fully saturated rings. The van der Waals surface area contributed by atoms with Gasteiger partial charge in [0.05, 0.1) is 0 Å². The summed E-state index contributed by atoms with van der Waals surface area (Å²) in [4.78, 5) is 47.9. The molecule has 10 atom stereocenters. The van der Waals surface area contributed by atoms with E-state index in [0.29, 0.717) is 6.42 Å². The molecule has 7 heteroatoms. The van der Waals surface area contributed by atoms with E-state index in [1.54, 1.807) is 0 Å². The van der Waals surface area contributed by atoms with Crippen molar-refractivity contribution in [2.45, 2.75) is 98.4 Å². The quantitative estimate of drug-likeness (QED) is 0.245. The zero-order chi connectivity index (χ0) is 25.7. The van der Waals surface area contributed by atoms with Crippen molar-refractivity contribution in [2.24, 2.45) is 40.4 Å². The Hall–Kier alpha value is -2.18. The number of hydrogen-bond acceptors (Lipinski definition) is 7. The summed E-state index contributed by atoms with van der Waals surface area (Å²) in [6.07, 6.45) is 7.06. The molecule has 0 bridgehead atoms. The fourth-order valence-corrected chi connectivity index (χ4v) is 8.53. The molecule has 0 unspecified atom stereocenters. The third-order valence-corrected chi connectivity index (χ3v) is 9.98. The summed E-state index contributed by atoms with van der Waals surface area (Å²) in [5, 5.41) is 0. The highest BCUT2D eigenvalue weighted by Crippen LogP contribution is 2.67. The lowest BCUT2D eigenvalue weighted by molar-refractivity contribution is -0.214. The van der Waals surface area contributed by atoms with Crippen LogP contribution in [0.5, 0.6) is 0 Å². The van der Waals surface area contributed by atoms with Crippen LogP contribution >= 0.6 is 0 Å². The Morgan fingerprint density at radius 2 is 1.63 bits per heavy atom. The zero-order valence-electron chi connectivity index (χ0n) is 21.9. The van der Waals surface area contributed by atoms with Crippen molar-refractivity contribution in [1.29, 1.82) is 0 Å². The number of esters is 3. The second kappa shape index (κ2) is 9.36. The molecule has 4 aliphatic carbocycles. The van der Waals surface area contributed by atoms with Crippen LogP contribution in [-0.4, -0.2) is 42.5 Å². The molecule has 0 radical (unpaired) electrons. The SMILES string of the molecule is CC(=O)O[C@@H]1CC[C@@]2(C)[C@@H](C1)C[C@@H](OC(C)=O)[C@@H]1[C@@H]2C[C@@H](OC(C)=O)[C@]2(C)C([C@H](C)C=O)=CC[C@@H]12. The van der Waals surface area contributed by atoms with Crippen LogP contribution in [0.4, 0.5) is 0 Å². The van der Waals surface area contributed by atoms with E-state index in [4.69, 9.17) is 14.2 Å². The van der Waals surface area contributed by atoms with Crippen molar-refractivity contribution < 1.29 is 33.4 Å². The van der Waals surface area contributed by atoms with Gasteiger partial charge in [0, 0.05) is 38.0 Å².